The van der Waals surface area contributed by atoms with Gasteiger partial charge in [0.05, 0.1) is 12.3 Å². The van der Waals surface area contributed by atoms with Crippen molar-refractivity contribution in [1.82, 2.24) is 0 Å². The van der Waals surface area contributed by atoms with E-state index in [1.807, 2.05) is 48.7 Å². The van der Waals surface area contributed by atoms with Crippen molar-refractivity contribution in [1.29, 1.82) is 0 Å². The van der Waals surface area contributed by atoms with Crippen LogP contribution in [0.1, 0.15) is 18.1 Å². The molecule has 1 atom stereocenters. The number of hydrogen-bond acceptors (Lipinski definition) is 3. The Morgan fingerprint density at radius 2 is 1.86 bits per heavy atom. The lowest BCUT2D eigenvalue weighted by molar-refractivity contribution is 0.232. The zero-order chi connectivity index (χ0) is 14.7. The molecule has 0 aliphatic carbocycles. The summed E-state index contributed by atoms with van der Waals surface area (Å²) in [4.78, 5) is 4.59. The number of benzene rings is 2. The quantitative estimate of drug-likeness (QED) is 0.729. The molecule has 1 aliphatic rings. The Morgan fingerprint density at radius 3 is 2.71 bits per heavy atom. The molecule has 0 aromatic heterocycles. The van der Waals surface area contributed by atoms with Gasteiger partial charge in [-0.15, -0.1) is 0 Å². The number of rotatable bonds is 1. The maximum Gasteiger partial charge on any atom is 0.395 e. The summed E-state index contributed by atoms with van der Waals surface area (Å²) in [6, 6.07) is 17.0. The number of nitrogens with zero attached hydrogens (tertiary/aromatic N) is 1. The molecule has 4 heteroatoms. The summed E-state index contributed by atoms with van der Waals surface area (Å²) in [6.07, 6.45) is 1.88. The van der Waals surface area contributed by atoms with Crippen LogP contribution in [-0.2, 0) is 11.0 Å². The van der Waals surface area contributed by atoms with Crippen molar-refractivity contribution < 1.29 is 8.85 Å². The smallest absolute Gasteiger partial charge is 0.395 e. The molecule has 0 fully saturated rings. The maximum atomic E-state index is 6.25. The highest BCUT2D eigenvalue weighted by Crippen LogP contribution is 2.28. The van der Waals surface area contributed by atoms with Crippen molar-refractivity contribution >= 4 is 20.5 Å². The summed E-state index contributed by atoms with van der Waals surface area (Å²) in [6.45, 7) is 4.79. The van der Waals surface area contributed by atoms with Gasteiger partial charge in [0.25, 0.3) is 0 Å². The Kier molecular flexibility index (Phi) is 3.90. The van der Waals surface area contributed by atoms with Crippen LogP contribution in [-0.4, -0.2) is 14.8 Å². The van der Waals surface area contributed by atoms with E-state index in [4.69, 9.17) is 8.85 Å². The molecule has 2 aromatic rings. The summed E-state index contributed by atoms with van der Waals surface area (Å²) < 4.78 is 12.4. The van der Waals surface area contributed by atoms with Crippen LogP contribution in [0.25, 0.3) is 0 Å². The van der Waals surface area contributed by atoms with Crippen LogP contribution < -0.4 is 4.43 Å². The standard InChI is InChI=1S/C17H19NO2Si/c1-3-21(2)19-13-15-9-4-6-10-16(15)18-12-14-8-5-7-11-17(14)20-21/h4-12H,3,13H2,1-2H3. The van der Waals surface area contributed by atoms with Gasteiger partial charge in [-0.05, 0) is 30.8 Å². The molecule has 0 N–H and O–H groups in total. The van der Waals surface area contributed by atoms with E-state index in [1.54, 1.807) is 0 Å². The Hall–Kier alpha value is -1.91. The summed E-state index contributed by atoms with van der Waals surface area (Å²) >= 11 is 0. The lowest BCUT2D eigenvalue weighted by Gasteiger charge is -2.28. The molecule has 108 valence electrons. The van der Waals surface area contributed by atoms with Gasteiger partial charge in [-0.25, -0.2) is 0 Å². The minimum absolute atomic E-state index is 0.548. The van der Waals surface area contributed by atoms with Crippen molar-refractivity contribution in [2.45, 2.75) is 26.1 Å². The minimum atomic E-state index is -2.23. The van der Waals surface area contributed by atoms with Crippen LogP contribution in [0, 0.1) is 0 Å². The van der Waals surface area contributed by atoms with Gasteiger partial charge in [0.1, 0.15) is 5.75 Å². The molecule has 1 heterocycles. The molecule has 0 bridgehead atoms. The SMILES string of the molecule is CC[Si]1(C)OCc2ccccc2N=Cc2ccccc2O1. The van der Waals surface area contributed by atoms with Crippen LogP contribution in [0.2, 0.25) is 12.6 Å². The number of fused-ring (bicyclic) bond motifs is 2. The van der Waals surface area contributed by atoms with Crippen LogP contribution in [0.5, 0.6) is 5.75 Å². The highest BCUT2D eigenvalue weighted by molar-refractivity contribution is 6.66. The first-order chi connectivity index (χ1) is 10.2. The van der Waals surface area contributed by atoms with Crippen molar-refractivity contribution in [2.24, 2.45) is 4.99 Å². The van der Waals surface area contributed by atoms with E-state index in [1.165, 1.54) is 0 Å². The second kappa shape index (κ2) is 5.83. The Bertz CT molecular complexity index is 671. The molecule has 3 nitrogen and oxygen atoms in total. The van der Waals surface area contributed by atoms with E-state index >= 15 is 0 Å². The fourth-order valence-corrected chi connectivity index (χ4v) is 3.76. The van der Waals surface area contributed by atoms with E-state index in [0.717, 1.165) is 28.6 Å². The highest BCUT2D eigenvalue weighted by atomic mass is 28.4. The highest BCUT2D eigenvalue weighted by Gasteiger charge is 2.32. The van der Waals surface area contributed by atoms with Gasteiger partial charge < -0.3 is 8.85 Å². The summed E-state index contributed by atoms with van der Waals surface area (Å²) in [5.74, 6) is 0.858. The molecule has 0 spiro atoms. The van der Waals surface area contributed by atoms with Crippen molar-refractivity contribution in [3.8, 4) is 5.75 Å². The molecule has 2 aromatic carbocycles. The van der Waals surface area contributed by atoms with Gasteiger partial charge >= 0.3 is 8.56 Å². The fraction of sp³-hybridized carbons (Fsp3) is 0.235. The van der Waals surface area contributed by atoms with Gasteiger partial charge in [-0.1, -0.05) is 37.3 Å². The lowest BCUT2D eigenvalue weighted by Crippen LogP contribution is -2.41. The molecule has 3 rings (SSSR count). The van der Waals surface area contributed by atoms with Crippen LogP contribution >= 0.6 is 0 Å². The van der Waals surface area contributed by atoms with Gasteiger partial charge in [0, 0.05) is 17.3 Å². The van der Waals surface area contributed by atoms with Gasteiger partial charge in [-0.2, -0.15) is 0 Å². The average molecular weight is 297 g/mol. The molecular weight excluding hydrogens is 278 g/mol. The molecular formula is C17H19NO2Si. The second-order valence-electron chi connectivity index (χ2n) is 5.30. The largest absolute Gasteiger partial charge is 0.520 e. The Morgan fingerprint density at radius 1 is 1.10 bits per heavy atom. The number of aliphatic imine (C=N–C) groups is 1. The van der Waals surface area contributed by atoms with Gasteiger partial charge in [-0.3, -0.25) is 4.99 Å². The third kappa shape index (κ3) is 3.06. The average Bonchev–Trinajstić information content (AvgIpc) is 2.53. The lowest BCUT2D eigenvalue weighted by atomic mass is 10.2. The molecule has 1 aliphatic heterocycles. The topological polar surface area (TPSA) is 30.8 Å². The molecule has 0 saturated heterocycles. The van der Waals surface area contributed by atoms with Crippen molar-refractivity contribution in [2.75, 3.05) is 0 Å². The number of para-hydroxylation sites is 2. The van der Waals surface area contributed by atoms with E-state index in [0.29, 0.717) is 6.61 Å². The van der Waals surface area contributed by atoms with E-state index < -0.39 is 8.56 Å². The number of hydrogen-bond donors (Lipinski definition) is 0. The monoisotopic (exact) mass is 297 g/mol. The van der Waals surface area contributed by atoms with Crippen molar-refractivity contribution in [3.05, 3.63) is 59.7 Å². The Labute approximate surface area is 126 Å². The Balaban J connectivity index is 2.10. The fourth-order valence-electron chi connectivity index (χ4n) is 2.24. The molecule has 0 radical (unpaired) electrons. The summed E-state index contributed by atoms with van der Waals surface area (Å²) in [7, 11) is -2.23. The van der Waals surface area contributed by atoms with Gasteiger partial charge in [0.2, 0.25) is 0 Å². The first-order valence-corrected chi connectivity index (χ1v) is 9.76. The zero-order valence-electron chi connectivity index (χ0n) is 12.4. The van der Waals surface area contributed by atoms with E-state index in [9.17, 15) is 0 Å². The zero-order valence-corrected chi connectivity index (χ0v) is 13.4. The van der Waals surface area contributed by atoms with Gasteiger partial charge in [0.15, 0.2) is 0 Å². The first-order valence-electron chi connectivity index (χ1n) is 7.24. The second-order valence-corrected chi connectivity index (χ2v) is 8.77. The minimum Gasteiger partial charge on any atom is -0.520 e. The predicted molar refractivity (Wildman–Crippen MR) is 87.7 cm³/mol. The molecule has 1 unspecified atom stereocenters. The van der Waals surface area contributed by atoms with E-state index in [2.05, 4.69) is 24.5 Å². The van der Waals surface area contributed by atoms with Crippen LogP contribution in [0.4, 0.5) is 5.69 Å². The van der Waals surface area contributed by atoms with Crippen LogP contribution in [0.15, 0.2) is 53.5 Å². The third-order valence-corrected chi connectivity index (χ3v) is 6.45. The predicted octanol–water partition coefficient (Wildman–Crippen LogP) is 4.44. The van der Waals surface area contributed by atoms with Crippen LogP contribution in [0.3, 0.4) is 0 Å². The molecule has 0 saturated carbocycles. The summed E-state index contributed by atoms with van der Waals surface area (Å²) in [5, 5.41) is 0. The van der Waals surface area contributed by atoms with Crippen molar-refractivity contribution in [3.63, 3.8) is 0 Å². The molecule has 21 heavy (non-hydrogen) atoms. The maximum absolute atomic E-state index is 6.25. The first kappa shape index (κ1) is 14.0. The normalized spacial score (nSPS) is 21.0. The third-order valence-electron chi connectivity index (χ3n) is 3.75. The van der Waals surface area contributed by atoms with E-state index in [-0.39, 0.29) is 0 Å². The summed E-state index contributed by atoms with van der Waals surface area (Å²) in [5.41, 5.74) is 3.05. The molecule has 0 amide bonds.